The fourth-order valence-corrected chi connectivity index (χ4v) is 3.11. The van der Waals surface area contributed by atoms with E-state index in [0.717, 1.165) is 31.2 Å². The first-order valence-corrected chi connectivity index (χ1v) is 7.61. The van der Waals surface area contributed by atoms with Gasteiger partial charge in [0, 0.05) is 11.6 Å². The topological polar surface area (TPSA) is 66.4 Å². The van der Waals surface area contributed by atoms with E-state index in [-0.39, 0.29) is 11.9 Å². The molecule has 1 saturated carbocycles. The number of carboxylic acids is 1. The van der Waals surface area contributed by atoms with E-state index in [1.807, 2.05) is 25.1 Å². The lowest BCUT2D eigenvalue weighted by molar-refractivity contribution is -0.151. The summed E-state index contributed by atoms with van der Waals surface area (Å²) in [6, 6.07) is 7.19. The summed E-state index contributed by atoms with van der Waals surface area (Å²) in [5.74, 6) is -0.983. The van der Waals surface area contributed by atoms with Crippen LogP contribution in [-0.2, 0) is 11.2 Å². The second-order valence-corrected chi connectivity index (χ2v) is 6.01. The van der Waals surface area contributed by atoms with Crippen LogP contribution in [0.2, 0.25) is 0 Å². The predicted molar refractivity (Wildman–Crippen MR) is 81.3 cm³/mol. The molecule has 1 aliphatic rings. The number of benzene rings is 1. The molecule has 4 heteroatoms. The lowest BCUT2D eigenvalue weighted by Gasteiger charge is -2.38. The minimum Gasteiger partial charge on any atom is -0.481 e. The van der Waals surface area contributed by atoms with Gasteiger partial charge in [0.2, 0.25) is 0 Å². The number of aryl methyl sites for hydroxylation is 1. The summed E-state index contributed by atoms with van der Waals surface area (Å²) in [4.78, 5) is 24.1. The fourth-order valence-electron chi connectivity index (χ4n) is 3.11. The van der Waals surface area contributed by atoms with Gasteiger partial charge >= 0.3 is 5.97 Å². The van der Waals surface area contributed by atoms with Crippen LogP contribution in [0.4, 0.5) is 0 Å². The number of carbonyl (C=O) groups excluding carboxylic acids is 1. The van der Waals surface area contributed by atoms with Crippen molar-refractivity contribution in [1.82, 2.24) is 5.32 Å². The molecule has 1 amide bonds. The van der Waals surface area contributed by atoms with Crippen LogP contribution in [0.25, 0.3) is 0 Å². The Balaban J connectivity index is 2.19. The van der Waals surface area contributed by atoms with Crippen LogP contribution in [0.3, 0.4) is 0 Å². The number of nitrogens with one attached hydrogen (secondary N) is 1. The SMILES string of the molecule is CCc1ccccc1C(=O)NC1CCCCC1(C)C(=O)O. The molecule has 0 spiro atoms. The molecular weight excluding hydrogens is 266 g/mol. The Morgan fingerprint density at radius 1 is 1.33 bits per heavy atom. The standard InChI is InChI=1S/C17H23NO3/c1-3-12-8-4-5-9-13(12)15(19)18-14-10-6-7-11-17(14,2)16(20)21/h4-5,8-9,14H,3,6-7,10-11H2,1-2H3,(H,18,19)(H,20,21). The van der Waals surface area contributed by atoms with Gasteiger partial charge in [-0.2, -0.15) is 0 Å². The Morgan fingerprint density at radius 3 is 2.71 bits per heavy atom. The Hall–Kier alpha value is -1.84. The maximum Gasteiger partial charge on any atom is 0.311 e. The van der Waals surface area contributed by atoms with E-state index in [2.05, 4.69) is 5.32 Å². The van der Waals surface area contributed by atoms with Crippen LogP contribution < -0.4 is 5.32 Å². The molecule has 1 aliphatic carbocycles. The predicted octanol–water partition coefficient (Wildman–Crippen LogP) is 3.01. The zero-order chi connectivity index (χ0) is 15.5. The average Bonchev–Trinajstić information content (AvgIpc) is 2.49. The first kappa shape index (κ1) is 15.5. The van der Waals surface area contributed by atoms with Crippen molar-refractivity contribution < 1.29 is 14.7 Å². The Labute approximate surface area is 125 Å². The third-order valence-corrected chi connectivity index (χ3v) is 4.64. The monoisotopic (exact) mass is 289 g/mol. The van der Waals surface area contributed by atoms with Gasteiger partial charge in [0.1, 0.15) is 0 Å². The summed E-state index contributed by atoms with van der Waals surface area (Å²) in [7, 11) is 0. The number of carbonyl (C=O) groups is 2. The van der Waals surface area contributed by atoms with Crippen LogP contribution in [0.1, 0.15) is 55.5 Å². The van der Waals surface area contributed by atoms with E-state index in [1.54, 1.807) is 13.0 Å². The normalized spacial score (nSPS) is 25.3. The van der Waals surface area contributed by atoms with Crippen molar-refractivity contribution in [2.75, 3.05) is 0 Å². The third kappa shape index (κ3) is 3.09. The second-order valence-electron chi connectivity index (χ2n) is 6.01. The van der Waals surface area contributed by atoms with Gasteiger partial charge in [-0.05, 0) is 37.8 Å². The molecule has 2 atom stereocenters. The van der Waals surface area contributed by atoms with Crippen molar-refractivity contribution in [1.29, 1.82) is 0 Å². The van der Waals surface area contributed by atoms with Gasteiger partial charge in [-0.1, -0.05) is 38.0 Å². The van der Waals surface area contributed by atoms with Crippen LogP contribution in [0.15, 0.2) is 24.3 Å². The number of rotatable bonds is 4. The van der Waals surface area contributed by atoms with E-state index in [4.69, 9.17) is 0 Å². The summed E-state index contributed by atoms with van der Waals surface area (Å²) in [5.41, 5.74) is 0.774. The van der Waals surface area contributed by atoms with Crippen molar-refractivity contribution in [3.8, 4) is 0 Å². The molecular formula is C17H23NO3. The van der Waals surface area contributed by atoms with Gasteiger partial charge in [0.25, 0.3) is 5.91 Å². The van der Waals surface area contributed by atoms with Crippen LogP contribution >= 0.6 is 0 Å². The molecule has 0 aromatic heterocycles. The molecule has 0 radical (unpaired) electrons. The van der Waals surface area contributed by atoms with Crippen molar-refractivity contribution in [3.63, 3.8) is 0 Å². The van der Waals surface area contributed by atoms with Crippen LogP contribution in [-0.4, -0.2) is 23.0 Å². The molecule has 4 nitrogen and oxygen atoms in total. The summed E-state index contributed by atoms with van der Waals surface area (Å²) >= 11 is 0. The van der Waals surface area contributed by atoms with Crippen molar-refractivity contribution in [2.24, 2.45) is 5.41 Å². The maximum atomic E-state index is 12.5. The Kier molecular flexibility index (Phi) is 4.66. The average molecular weight is 289 g/mol. The van der Waals surface area contributed by atoms with E-state index < -0.39 is 11.4 Å². The molecule has 0 aliphatic heterocycles. The minimum absolute atomic E-state index is 0.160. The number of hydrogen-bond acceptors (Lipinski definition) is 2. The number of aliphatic carboxylic acids is 1. The first-order valence-electron chi connectivity index (χ1n) is 7.61. The molecule has 2 rings (SSSR count). The highest BCUT2D eigenvalue weighted by molar-refractivity contribution is 5.96. The highest BCUT2D eigenvalue weighted by Crippen LogP contribution is 2.36. The van der Waals surface area contributed by atoms with E-state index >= 15 is 0 Å². The largest absolute Gasteiger partial charge is 0.481 e. The number of carboxylic acid groups (broad SMARTS) is 1. The molecule has 114 valence electrons. The molecule has 1 aromatic rings. The molecule has 21 heavy (non-hydrogen) atoms. The van der Waals surface area contributed by atoms with E-state index in [0.29, 0.717) is 12.0 Å². The molecule has 0 bridgehead atoms. The fraction of sp³-hybridized carbons (Fsp3) is 0.529. The Bertz CT molecular complexity index is 541. The smallest absolute Gasteiger partial charge is 0.311 e. The first-order chi connectivity index (χ1) is 9.99. The molecule has 1 fully saturated rings. The summed E-state index contributed by atoms with van der Waals surface area (Å²) in [6.45, 7) is 3.75. The molecule has 2 N–H and O–H groups in total. The lowest BCUT2D eigenvalue weighted by Crippen LogP contribution is -2.52. The van der Waals surface area contributed by atoms with E-state index in [9.17, 15) is 14.7 Å². The van der Waals surface area contributed by atoms with Crippen molar-refractivity contribution >= 4 is 11.9 Å². The van der Waals surface area contributed by atoms with Crippen molar-refractivity contribution in [2.45, 2.75) is 52.0 Å². The van der Waals surface area contributed by atoms with Crippen LogP contribution in [0.5, 0.6) is 0 Å². The number of amides is 1. The third-order valence-electron chi connectivity index (χ3n) is 4.64. The van der Waals surface area contributed by atoms with Gasteiger partial charge in [-0.3, -0.25) is 9.59 Å². The van der Waals surface area contributed by atoms with Gasteiger partial charge < -0.3 is 10.4 Å². The molecule has 2 unspecified atom stereocenters. The number of hydrogen-bond donors (Lipinski definition) is 2. The zero-order valence-electron chi connectivity index (χ0n) is 12.7. The second kappa shape index (κ2) is 6.29. The summed E-state index contributed by atoms with van der Waals surface area (Å²) in [6.07, 6.45) is 3.99. The summed E-state index contributed by atoms with van der Waals surface area (Å²) in [5, 5.41) is 12.5. The quantitative estimate of drug-likeness (QED) is 0.895. The van der Waals surface area contributed by atoms with Gasteiger partial charge in [-0.15, -0.1) is 0 Å². The van der Waals surface area contributed by atoms with Crippen molar-refractivity contribution in [3.05, 3.63) is 35.4 Å². The van der Waals surface area contributed by atoms with Crippen LogP contribution in [0, 0.1) is 5.41 Å². The lowest BCUT2D eigenvalue weighted by atomic mass is 9.71. The van der Waals surface area contributed by atoms with Gasteiger partial charge in [-0.25, -0.2) is 0 Å². The summed E-state index contributed by atoms with van der Waals surface area (Å²) < 4.78 is 0. The molecule has 1 aromatic carbocycles. The minimum atomic E-state index is -0.866. The van der Waals surface area contributed by atoms with Gasteiger partial charge in [0.15, 0.2) is 0 Å². The maximum absolute atomic E-state index is 12.5. The molecule has 0 heterocycles. The zero-order valence-corrected chi connectivity index (χ0v) is 12.7. The van der Waals surface area contributed by atoms with Gasteiger partial charge in [0.05, 0.1) is 5.41 Å². The Morgan fingerprint density at radius 2 is 2.05 bits per heavy atom. The van der Waals surface area contributed by atoms with E-state index in [1.165, 1.54) is 0 Å². The highest BCUT2D eigenvalue weighted by Gasteiger charge is 2.43. The molecule has 0 saturated heterocycles. The highest BCUT2D eigenvalue weighted by atomic mass is 16.4.